The number of rotatable bonds is 8. The molecule has 1 aliphatic rings. The molecule has 0 aliphatic carbocycles. The third kappa shape index (κ3) is 4.69. The highest BCUT2D eigenvalue weighted by Gasteiger charge is 2.53. The average Bonchev–Trinajstić information content (AvgIpc) is 3.21. The summed E-state index contributed by atoms with van der Waals surface area (Å²) in [5.41, 5.74) is 7.99. The van der Waals surface area contributed by atoms with Gasteiger partial charge in [-0.1, -0.05) is 91.0 Å². The second-order valence-electron chi connectivity index (χ2n) is 9.22. The summed E-state index contributed by atoms with van der Waals surface area (Å²) >= 11 is 0. The van der Waals surface area contributed by atoms with Gasteiger partial charge in [-0.25, -0.2) is 4.79 Å². The van der Waals surface area contributed by atoms with Crippen molar-refractivity contribution in [3.63, 3.8) is 0 Å². The van der Waals surface area contributed by atoms with Gasteiger partial charge in [-0.2, -0.15) is 0 Å². The van der Waals surface area contributed by atoms with E-state index in [9.17, 15) is 9.59 Å². The van der Waals surface area contributed by atoms with Crippen LogP contribution in [0.1, 0.15) is 23.1 Å². The molecule has 1 amide bonds. The Morgan fingerprint density at radius 1 is 0.909 bits per heavy atom. The molecule has 1 saturated heterocycles. The molecule has 0 radical (unpaired) electrons. The summed E-state index contributed by atoms with van der Waals surface area (Å²) in [4.78, 5) is 25.9. The van der Waals surface area contributed by atoms with Crippen LogP contribution < -0.4 is 5.73 Å². The van der Waals surface area contributed by atoms with E-state index in [-0.39, 0.29) is 30.9 Å². The standard InChI is InChI=1S/C28H30N2O3/c1-30(20-26(31)33-21-22-11-5-2-6-12-22)18-17-25(19-30)28(27(29)32,23-13-7-3-8-14-23)24-15-9-4-10-16-24/h2-16,25H,17-21H2,1H3,(H-,29,32)/p+1/t25?,30-/m0/s1. The van der Waals surface area contributed by atoms with Crippen LogP contribution >= 0.6 is 0 Å². The van der Waals surface area contributed by atoms with Crippen molar-refractivity contribution >= 4 is 11.9 Å². The van der Waals surface area contributed by atoms with Gasteiger partial charge in [-0.05, 0) is 16.7 Å². The minimum absolute atomic E-state index is 0.0354. The number of quaternary nitrogens is 1. The second kappa shape index (κ2) is 9.59. The van der Waals surface area contributed by atoms with Gasteiger partial charge in [0, 0.05) is 12.3 Å². The van der Waals surface area contributed by atoms with Gasteiger partial charge in [0.2, 0.25) is 5.91 Å². The minimum atomic E-state index is -0.952. The van der Waals surface area contributed by atoms with Gasteiger partial charge in [-0.3, -0.25) is 4.79 Å². The van der Waals surface area contributed by atoms with Crippen LogP contribution in [0, 0.1) is 5.92 Å². The molecule has 170 valence electrons. The minimum Gasteiger partial charge on any atom is -0.457 e. The summed E-state index contributed by atoms with van der Waals surface area (Å²) < 4.78 is 6.07. The van der Waals surface area contributed by atoms with Crippen LogP contribution in [0.15, 0.2) is 91.0 Å². The molecule has 0 spiro atoms. The maximum Gasteiger partial charge on any atom is 0.362 e. The van der Waals surface area contributed by atoms with Crippen LogP contribution in [-0.2, 0) is 26.3 Å². The topological polar surface area (TPSA) is 69.4 Å². The highest BCUT2D eigenvalue weighted by Crippen LogP contribution is 2.44. The monoisotopic (exact) mass is 443 g/mol. The van der Waals surface area contributed by atoms with E-state index in [0.717, 1.165) is 29.7 Å². The SMILES string of the molecule is C[N@+]1(CC(=O)OCc2ccccc2)CCC(C(C(N)=O)(c2ccccc2)c2ccccc2)C1. The van der Waals surface area contributed by atoms with Crippen molar-refractivity contribution in [2.45, 2.75) is 18.4 Å². The number of esters is 1. The summed E-state index contributed by atoms with van der Waals surface area (Å²) in [5.74, 6) is -0.622. The van der Waals surface area contributed by atoms with Crippen LogP contribution in [0.25, 0.3) is 0 Å². The maximum atomic E-state index is 13.2. The number of primary amides is 1. The fourth-order valence-corrected chi connectivity index (χ4v) is 5.30. The lowest BCUT2D eigenvalue weighted by Crippen LogP contribution is -2.52. The molecule has 1 unspecified atom stereocenters. The molecule has 33 heavy (non-hydrogen) atoms. The summed E-state index contributed by atoms with van der Waals surface area (Å²) in [5, 5.41) is 0. The lowest BCUT2D eigenvalue weighted by molar-refractivity contribution is -0.892. The molecule has 1 fully saturated rings. The van der Waals surface area contributed by atoms with E-state index in [1.165, 1.54) is 0 Å². The van der Waals surface area contributed by atoms with Crippen molar-refractivity contribution < 1.29 is 18.8 Å². The molecular weight excluding hydrogens is 412 g/mol. The molecule has 0 aromatic heterocycles. The molecule has 2 N–H and O–H groups in total. The lowest BCUT2D eigenvalue weighted by Gasteiger charge is -2.38. The molecule has 5 nitrogen and oxygen atoms in total. The van der Waals surface area contributed by atoms with Gasteiger partial charge in [0.15, 0.2) is 6.54 Å². The first-order chi connectivity index (χ1) is 15.9. The fraction of sp³-hybridized carbons (Fsp3) is 0.286. The van der Waals surface area contributed by atoms with E-state index < -0.39 is 5.41 Å². The van der Waals surface area contributed by atoms with Crippen molar-refractivity contribution in [3.8, 4) is 0 Å². The Labute approximate surface area is 195 Å². The summed E-state index contributed by atoms with van der Waals surface area (Å²) in [6, 6.07) is 29.3. The average molecular weight is 444 g/mol. The summed E-state index contributed by atoms with van der Waals surface area (Å²) in [6.45, 7) is 1.97. The zero-order chi connectivity index (χ0) is 23.3. The van der Waals surface area contributed by atoms with Crippen molar-refractivity contribution in [2.24, 2.45) is 11.7 Å². The van der Waals surface area contributed by atoms with Crippen molar-refractivity contribution in [3.05, 3.63) is 108 Å². The highest BCUT2D eigenvalue weighted by molar-refractivity contribution is 5.91. The predicted molar refractivity (Wildman–Crippen MR) is 128 cm³/mol. The normalized spacial score (nSPS) is 20.3. The number of likely N-dealkylation sites (N-methyl/N-ethyl adjacent to an activating group) is 1. The number of benzene rings is 3. The van der Waals surface area contributed by atoms with E-state index in [2.05, 4.69) is 7.05 Å². The lowest BCUT2D eigenvalue weighted by atomic mass is 9.64. The van der Waals surface area contributed by atoms with E-state index in [1.54, 1.807) is 0 Å². The van der Waals surface area contributed by atoms with Crippen LogP contribution in [-0.4, -0.2) is 43.0 Å². The largest absolute Gasteiger partial charge is 0.457 e. The Balaban J connectivity index is 1.57. The van der Waals surface area contributed by atoms with E-state index in [0.29, 0.717) is 11.0 Å². The second-order valence-corrected chi connectivity index (χ2v) is 9.22. The molecule has 1 heterocycles. The zero-order valence-corrected chi connectivity index (χ0v) is 19.0. The Kier molecular flexibility index (Phi) is 6.61. The number of nitrogens with zero attached hydrogens (tertiary/aromatic N) is 1. The summed E-state index contributed by atoms with van der Waals surface area (Å²) in [7, 11) is 2.06. The number of hydrogen-bond acceptors (Lipinski definition) is 3. The highest BCUT2D eigenvalue weighted by atomic mass is 16.5. The van der Waals surface area contributed by atoms with Gasteiger partial charge < -0.3 is 15.0 Å². The molecule has 5 heteroatoms. The van der Waals surface area contributed by atoms with Crippen molar-refractivity contribution in [1.82, 2.24) is 0 Å². The van der Waals surface area contributed by atoms with Gasteiger partial charge in [0.1, 0.15) is 12.0 Å². The quantitative estimate of drug-likeness (QED) is 0.427. The zero-order valence-electron chi connectivity index (χ0n) is 19.0. The Morgan fingerprint density at radius 2 is 1.42 bits per heavy atom. The number of carbonyl (C=O) groups excluding carboxylic acids is 2. The molecule has 4 rings (SSSR count). The predicted octanol–water partition coefficient (Wildman–Crippen LogP) is 3.67. The molecular formula is C28H31N2O3+. The number of amides is 1. The first kappa shape index (κ1) is 22.7. The third-order valence-electron chi connectivity index (χ3n) is 6.89. The smallest absolute Gasteiger partial charge is 0.362 e. The van der Waals surface area contributed by atoms with Crippen LogP contribution in [0.3, 0.4) is 0 Å². The molecule has 3 aromatic rings. The number of likely N-dealkylation sites (tertiary alicyclic amines) is 1. The Morgan fingerprint density at radius 3 is 1.94 bits per heavy atom. The Hall–Kier alpha value is -3.44. The maximum absolute atomic E-state index is 13.2. The van der Waals surface area contributed by atoms with Gasteiger partial charge in [0.05, 0.1) is 20.1 Å². The van der Waals surface area contributed by atoms with Gasteiger partial charge in [0.25, 0.3) is 0 Å². The van der Waals surface area contributed by atoms with E-state index in [1.807, 2.05) is 91.0 Å². The Bertz CT molecular complexity index is 1050. The van der Waals surface area contributed by atoms with Crippen LogP contribution in [0.2, 0.25) is 0 Å². The van der Waals surface area contributed by atoms with Gasteiger partial charge in [-0.15, -0.1) is 0 Å². The van der Waals surface area contributed by atoms with Crippen molar-refractivity contribution in [2.75, 3.05) is 26.7 Å². The van der Waals surface area contributed by atoms with E-state index in [4.69, 9.17) is 10.5 Å². The summed E-state index contributed by atoms with van der Waals surface area (Å²) in [6.07, 6.45) is 0.787. The molecule has 0 saturated carbocycles. The van der Waals surface area contributed by atoms with Crippen LogP contribution in [0.4, 0.5) is 0 Å². The number of nitrogens with two attached hydrogens (primary N) is 1. The van der Waals surface area contributed by atoms with E-state index >= 15 is 0 Å². The van der Waals surface area contributed by atoms with Crippen molar-refractivity contribution in [1.29, 1.82) is 0 Å². The van der Waals surface area contributed by atoms with Crippen LogP contribution in [0.5, 0.6) is 0 Å². The molecule has 2 atom stereocenters. The first-order valence-electron chi connectivity index (χ1n) is 11.4. The first-order valence-corrected chi connectivity index (χ1v) is 11.4. The fourth-order valence-electron chi connectivity index (χ4n) is 5.30. The number of ether oxygens (including phenoxy) is 1. The van der Waals surface area contributed by atoms with Gasteiger partial charge >= 0.3 is 5.97 Å². The third-order valence-corrected chi connectivity index (χ3v) is 6.89. The number of carbonyl (C=O) groups is 2. The molecule has 3 aromatic carbocycles. The molecule has 0 bridgehead atoms. The number of hydrogen-bond donors (Lipinski definition) is 1. The molecule has 1 aliphatic heterocycles.